The van der Waals surface area contributed by atoms with Crippen molar-refractivity contribution in [2.75, 3.05) is 11.9 Å². The van der Waals surface area contributed by atoms with Crippen molar-refractivity contribution >= 4 is 17.5 Å². The van der Waals surface area contributed by atoms with Gasteiger partial charge >= 0.3 is 0 Å². The minimum absolute atomic E-state index is 0.110. The first kappa shape index (κ1) is 20.6. The number of anilines is 1. The highest BCUT2D eigenvalue weighted by atomic mass is 16.2. The monoisotopic (exact) mass is 410 g/mol. The maximum atomic E-state index is 13.1. The summed E-state index contributed by atoms with van der Waals surface area (Å²) in [5, 5.41) is 7.35. The third-order valence-corrected chi connectivity index (χ3v) is 5.63. The van der Waals surface area contributed by atoms with Gasteiger partial charge in [0, 0.05) is 24.8 Å². The lowest BCUT2D eigenvalue weighted by Gasteiger charge is -2.23. The number of carbonyl (C=O) groups is 2. The van der Waals surface area contributed by atoms with Crippen LogP contribution in [0.5, 0.6) is 0 Å². The molecule has 160 valence electrons. The van der Waals surface area contributed by atoms with Crippen LogP contribution in [-0.2, 0) is 17.9 Å². The predicted octanol–water partition coefficient (Wildman–Crippen LogP) is 2.15. The maximum absolute atomic E-state index is 13.1. The molecule has 1 fully saturated rings. The molecule has 8 heteroatoms. The van der Waals surface area contributed by atoms with Crippen LogP contribution in [0, 0.1) is 5.92 Å². The van der Waals surface area contributed by atoms with Crippen molar-refractivity contribution in [1.82, 2.24) is 25.5 Å². The molecule has 2 aliphatic heterocycles. The standard InChI is InChI=1S/C22H30N6O2/c1-15(2)11-17-12-20(25-24-17)22(30)27-9-6-10-28-18(14-27)13-19(26-28)21(29)23-16-7-4-3-5-8-16/h3-5,7-8,13,15,17,20,24-25H,6,9-12,14H2,1-2H3,(H,23,29). The van der Waals surface area contributed by atoms with Crippen LogP contribution in [0.15, 0.2) is 36.4 Å². The molecule has 4 rings (SSSR count). The lowest BCUT2D eigenvalue weighted by Crippen LogP contribution is -2.45. The Bertz CT molecular complexity index is 894. The van der Waals surface area contributed by atoms with Gasteiger partial charge in [0.1, 0.15) is 6.04 Å². The Labute approximate surface area is 177 Å². The van der Waals surface area contributed by atoms with Crippen molar-refractivity contribution < 1.29 is 9.59 Å². The number of carbonyl (C=O) groups excluding carboxylic acids is 2. The van der Waals surface area contributed by atoms with Gasteiger partial charge in [0.15, 0.2) is 5.69 Å². The molecule has 8 nitrogen and oxygen atoms in total. The first-order valence-corrected chi connectivity index (χ1v) is 10.7. The quantitative estimate of drug-likeness (QED) is 0.703. The molecule has 0 bridgehead atoms. The third kappa shape index (κ3) is 4.71. The topological polar surface area (TPSA) is 91.3 Å². The second-order valence-electron chi connectivity index (χ2n) is 8.58. The van der Waals surface area contributed by atoms with Crippen LogP contribution in [0.4, 0.5) is 5.69 Å². The van der Waals surface area contributed by atoms with E-state index in [1.165, 1.54) is 0 Å². The summed E-state index contributed by atoms with van der Waals surface area (Å²) in [7, 11) is 0. The Morgan fingerprint density at radius 2 is 2.00 bits per heavy atom. The molecule has 2 atom stereocenters. The SMILES string of the molecule is CC(C)CC1CC(C(=O)N2CCCn3nc(C(=O)Nc4ccccc4)cc3C2)NN1. The average Bonchev–Trinajstić information content (AvgIpc) is 3.30. The molecule has 0 aliphatic carbocycles. The van der Waals surface area contributed by atoms with Crippen LogP contribution in [-0.4, -0.2) is 45.1 Å². The van der Waals surface area contributed by atoms with E-state index in [2.05, 4.69) is 35.1 Å². The molecule has 0 radical (unpaired) electrons. The largest absolute Gasteiger partial charge is 0.335 e. The normalized spacial score (nSPS) is 21.4. The second-order valence-corrected chi connectivity index (χ2v) is 8.58. The van der Waals surface area contributed by atoms with Crippen LogP contribution < -0.4 is 16.2 Å². The summed E-state index contributed by atoms with van der Waals surface area (Å²) < 4.78 is 1.86. The molecule has 0 saturated carbocycles. The summed E-state index contributed by atoms with van der Waals surface area (Å²) in [5.74, 6) is 0.461. The zero-order valence-electron chi connectivity index (χ0n) is 17.6. The van der Waals surface area contributed by atoms with E-state index in [0.717, 1.165) is 30.6 Å². The van der Waals surface area contributed by atoms with E-state index in [-0.39, 0.29) is 17.9 Å². The Morgan fingerprint density at radius 1 is 1.20 bits per heavy atom. The maximum Gasteiger partial charge on any atom is 0.276 e. The van der Waals surface area contributed by atoms with Crippen LogP contribution in [0.2, 0.25) is 0 Å². The molecule has 2 amide bonds. The lowest BCUT2D eigenvalue weighted by atomic mass is 9.99. The fourth-order valence-electron chi connectivity index (χ4n) is 4.21. The minimum Gasteiger partial charge on any atom is -0.335 e. The van der Waals surface area contributed by atoms with Gasteiger partial charge in [-0.25, -0.2) is 5.43 Å². The van der Waals surface area contributed by atoms with E-state index in [1.54, 1.807) is 6.07 Å². The van der Waals surface area contributed by atoms with Gasteiger partial charge in [0.25, 0.3) is 5.91 Å². The first-order valence-electron chi connectivity index (χ1n) is 10.7. The highest BCUT2D eigenvalue weighted by Gasteiger charge is 2.33. The minimum atomic E-state index is -0.238. The molecule has 2 aliphatic rings. The number of amides is 2. The molecule has 3 N–H and O–H groups in total. The summed E-state index contributed by atoms with van der Waals surface area (Å²) in [6, 6.07) is 11.3. The van der Waals surface area contributed by atoms with Gasteiger partial charge < -0.3 is 10.2 Å². The van der Waals surface area contributed by atoms with Crippen LogP contribution >= 0.6 is 0 Å². The molecular formula is C22H30N6O2. The van der Waals surface area contributed by atoms with E-state index in [0.29, 0.717) is 37.3 Å². The smallest absolute Gasteiger partial charge is 0.276 e. The molecule has 1 aromatic heterocycles. The van der Waals surface area contributed by atoms with Crippen molar-refractivity contribution in [3.63, 3.8) is 0 Å². The fourth-order valence-corrected chi connectivity index (χ4v) is 4.21. The van der Waals surface area contributed by atoms with Gasteiger partial charge in [-0.2, -0.15) is 5.10 Å². The molecule has 2 unspecified atom stereocenters. The van der Waals surface area contributed by atoms with Gasteiger partial charge in [-0.15, -0.1) is 0 Å². The Balaban J connectivity index is 1.41. The summed E-state index contributed by atoms with van der Waals surface area (Å²) >= 11 is 0. The van der Waals surface area contributed by atoms with Gasteiger partial charge in [-0.05, 0) is 43.4 Å². The molecule has 1 aromatic carbocycles. The molecule has 3 heterocycles. The summed E-state index contributed by atoms with van der Waals surface area (Å²) in [4.78, 5) is 27.6. The number of nitrogens with one attached hydrogen (secondary N) is 3. The van der Waals surface area contributed by atoms with Crippen LogP contribution in [0.1, 0.15) is 49.3 Å². The Morgan fingerprint density at radius 3 is 2.77 bits per heavy atom. The van der Waals surface area contributed by atoms with E-state index in [4.69, 9.17) is 0 Å². The second kappa shape index (κ2) is 8.97. The van der Waals surface area contributed by atoms with Crippen LogP contribution in [0.3, 0.4) is 0 Å². The van der Waals surface area contributed by atoms with E-state index in [9.17, 15) is 9.59 Å². The van der Waals surface area contributed by atoms with Crippen molar-refractivity contribution in [3.05, 3.63) is 47.8 Å². The van der Waals surface area contributed by atoms with Gasteiger partial charge in [0.2, 0.25) is 5.91 Å². The Kier molecular flexibility index (Phi) is 6.15. The summed E-state index contributed by atoms with van der Waals surface area (Å²) in [6.45, 7) is 6.25. The number of hydrogen-bond donors (Lipinski definition) is 3. The zero-order chi connectivity index (χ0) is 21.1. The zero-order valence-corrected chi connectivity index (χ0v) is 17.6. The van der Waals surface area contributed by atoms with Gasteiger partial charge in [0.05, 0.1) is 12.2 Å². The number of fused-ring (bicyclic) bond motifs is 1. The first-order chi connectivity index (χ1) is 14.5. The number of nitrogens with zero attached hydrogens (tertiary/aromatic N) is 3. The number of para-hydroxylation sites is 1. The third-order valence-electron chi connectivity index (χ3n) is 5.63. The number of hydrogen-bond acceptors (Lipinski definition) is 5. The van der Waals surface area contributed by atoms with Gasteiger partial charge in [-0.1, -0.05) is 32.0 Å². The highest BCUT2D eigenvalue weighted by molar-refractivity contribution is 6.02. The van der Waals surface area contributed by atoms with E-state index < -0.39 is 0 Å². The van der Waals surface area contributed by atoms with E-state index >= 15 is 0 Å². The number of rotatable bonds is 5. The fraction of sp³-hybridized carbons (Fsp3) is 0.500. The number of aryl methyl sites for hydroxylation is 1. The predicted molar refractivity (Wildman–Crippen MR) is 115 cm³/mol. The number of benzene rings is 1. The number of hydrazine groups is 1. The molecule has 30 heavy (non-hydrogen) atoms. The molecular weight excluding hydrogens is 380 g/mol. The molecule has 1 saturated heterocycles. The average molecular weight is 411 g/mol. The lowest BCUT2D eigenvalue weighted by molar-refractivity contribution is -0.133. The van der Waals surface area contributed by atoms with Crippen molar-refractivity contribution in [1.29, 1.82) is 0 Å². The highest BCUT2D eigenvalue weighted by Crippen LogP contribution is 2.19. The summed E-state index contributed by atoms with van der Waals surface area (Å²) in [6.07, 6.45) is 2.66. The summed E-state index contributed by atoms with van der Waals surface area (Å²) in [5.41, 5.74) is 8.45. The van der Waals surface area contributed by atoms with Crippen molar-refractivity contribution in [2.45, 2.75) is 58.3 Å². The Hall–Kier alpha value is -2.71. The van der Waals surface area contributed by atoms with E-state index in [1.807, 2.05) is 39.9 Å². The van der Waals surface area contributed by atoms with Gasteiger partial charge in [-0.3, -0.25) is 19.7 Å². The number of aromatic nitrogens is 2. The van der Waals surface area contributed by atoms with Crippen molar-refractivity contribution in [2.24, 2.45) is 5.92 Å². The molecule has 2 aromatic rings. The van der Waals surface area contributed by atoms with Crippen LogP contribution in [0.25, 0.3) is 0 Å². The van der Waals surface area contributed by atoms with Crippen molar-refractivity contribution in [3.8, 4) is 0 Å². The molecule has 0 spiro atoms.